The van der Waals surface area contributed by atoms with E-state index in [1.807, 2.05) is 0 Å². The summed E-state index contributed by atoms with van der Waals surface area (Å²) < 4.78 is 9.84. The number of ether oxygens (including phenoxy) is 2. The van der Waals surface area contributed by atoms with Crippen molar-refractivity contribution in [1.82, 2.24) is 5.32 Å². The molecule has 3 aliphatic rings. The zero-order valence-corrected chi connectivity index (χ0v) is 13.1. The third kappa shape index (κ3) is 1.93. The van der Waals surface area contributed by atoms with Gasteiger partial charge in [0.05, 0.1) is 19.6 Å². The number of carbonyl (C=O) groups is 3. The Morgan fingerprint density at radius 2 is 1.77 bits per heavy atom. The maximum atomic E-state index is 12.3. The molecule has 2 bridgehead atoms. The van der Waals surface area contributed by atoms with Gasteiger partial charge in [0, 0.05) is 5.41 Å². The van der Waals surface area contributed by atoms with Crippen molar-refractivity contribution in [2.75, 3.05) is 14.2 Å². The van der Waals surface area contributed by atoms with E-state index in [1.54, 1.807) is 0 Å². The Hall–Kier alpha value is -1.43. The van der Waals surface area contributed by atoms with Gasteiger partial charge in [0.2, 0.25) is 0 Å². The van der Waals surface area contributed by atoms with E-state index in [0.29, 0.717) is 18.8 Å². The molecular formula is C16H23NO5. The highest BCUT2D eigenvalue weighted by atomic mass is 16.5. The number of methoxy groups -OCH3 is 2. The molecular weight excluding hydrogens is 286 g/mol. The molecule has 1 saturated heterocycles. The van der Waals surface area contributed by atoms with Gasteiger partial charge in [-0.25, -0.2) is 0 Å². The van der Waals surface area contributed by atoms with Crippen LogP contribution in [0.25, 0.3) is 0 Å². The van der Waals surface area contributed by atoms with Crippen molar-refractivity contribution in [2.45, 2.75) is 50.6 Å². The number of piperidine rings is 1. The zero-order valence-electron chi connectivity index (χ0n) is 13.1. The molecule has 122 valence electrons. The van der Waals surface area contributed by atoms with Gasteiger partial charge >= 0.3 is 11.9 Å². The number of nitrogens with one attached hydrogen (secondary N) is 1. The van der Waals surface area contributed by atoms with Crippen molar-refractivity contribution in [3.05, 3.63) is 0 Å². The topological polar surface area (TPSA) is 81.7 Å². The molecule has 5 atom stereocenters. The van der Waals surface area contributed by atoms with Crippen LogP contribution in [-0.2, 0) is 23.9 Å². The molecule has 1 aliphatic heterocycles. The lowest BCUT2D eigenvalue weighted by atomic mass is 9.51. The summed E-state index contributed by atoms with van der Waals surface area (Å²) in [6.45, 7) is 0. The van der Waals surface area contributed by atoms with Crippen LogP contribution in [0.5, 0.6) is 0 Å². The molecule has 0 aromatic carbocycles. The standard InChI is InChI=1S/C16H23NO5/c1-21-13(19)11-15(9-18)7-5-10-4-3-6-16(10,8-15)12(17-11)14(20)22-2/h9-12,17H,3-8H2,1-2H3/t10-,11+,12-,15+,16+/m1/s1. The van der Waals surface area contributed by atoms with Crippen LogP contribution in [0.2, 0.25) is 0 Å². The van der Waals surface area contributed by atoms with Gasteiger partial charge < -0.3 is 14.3 Å². The van der Waals surface area contributed by atoms with Crippen molar-refractivity contribution in [1.29, 1.82) is 0 Å². The monoisotopic (exact) mass is 309 g/mol. The lowest BCUT2D eigenvalue weighted by molar-refractivity contribution is -0.170. The predicted molar refractivity (Wildman–Crippen MR) is 76.9 cm³/mol. The highest BCUT2D eigenvalue weighted by molar-refractivity contribution is 5.86. The first-order valence-corrected chi connectivity index (χ1v) is 7.91. The van der Waals surface area contributed by atoms with Gasteiger partial charge in [0.25, 0.3) is 0 Å². The number of aldehydes is 1. The summed E-state index contributed by atoms with van der Waals surface area (Å²) in [4.78, 5) is 36.4. The largest absolute Gasteiger partial charge is 0.468 e. The molecule has 1 spiro atoms. The molecule has 3 rings (SSSR count). The summed E-state index contributed by atoms with van der Waals surface area (Å²) in [6, 6.07) is -1.31. The Bertz CT molecular complexity index is 507. The quantitative estimate of drug-likeness (QED) is 0.614. The van der Waals surface area contributed by atoms with Crippen molar-refractivity contribution in [3.63, 3.8) is 0 Å². The predicted octanol–water partition coefficient (Wildman–Crippen LogP) is 0.828. The fourth-order valence-electron chi connectivity index (χ4n) is 5.21. The normalized spacial score (nSPS) is 43.1. The Morgan fingerprint density at radius 1 is 1.09 bits per heavy atom. The maximum Gasteiger partial charge on any atom is 0.323 e. The SMILES string of the molecule is COC(=O)[C@H]1N[C@@H](C(=O)OC)[C@@]2(C=O)CC[C@H]3CCC[C@]31C2. The summed E-state index contributed by atoms with van der Waals surface area (Å²) >= 11 is 0. The summed E-state index contributed by atoms with van der Waals surface area (Å²) in [5, 5.41) is 3.13. The summed E-state index contributed by atoms with van der Waals surface area (Å²) in [7, 11) is 2.67. The van der Waals surface area contributed by atoms with E-state index < -0.39 is 23.5 Å². The number of fused-ring (bicyclic) bond motifs is 1. The molecule has 6 heteroatoms. The lowest BCUT2D eigenvalue weighted by Gasteiger charge is -2.57. The molecule has 0 aromatic rings. The highest BCUT2D eigenvalue weighted by Crippen LogP contribution is 2.62. The van der Waals surface area contributed by atoms with Crippen LogP contribution in [0.1, 0.15) is 38.5 Å². The molecule has 0 unspecified atom stereocenters. The third-order valence-electron chi connectivity index (χ3n) is 6.22. The minimum Gasteiger partial charge on any atom is -0.468 e. The van der Waals surface area contributed by atoms with Crippen LogP contribution in [0.3, 0.4) is 0 Å². The smallest absolute Gasteiger partial charge is 0.323 e. The van der Waals surface area contributed by atoms with E-state index in [1.165, 1.54) is 14.2 Å². The van der Waals surface area contributed by atoms with Crippen LogP contribution >= 0.6 is 0 Å². The molecule has 2 aliphatic carbocycles. The fraction of sp³-hybridized carbons (Fsp3) is 0.812. The van der Waals surface area contributed by atoms with Crippen LogP contribution in [0, 0.1) is 16.7 Å². The highest BCUT2D eigenvalue weighted by Gasteiger charge is 2.65. The summed E-state index contributed by atoms with van der Waals surface area (Å²) in [5.74, 6) is -0.412. The molecule has 0 radical (unpaired) electrons. The van der Waals surface area contributed by atoms with Crippen molar-refractivity contribution < 1.29 is 23.9 Å². The molecule has 1 heterocycles. The van der Waals surface area contributed by atoms with E-state index in [0.717, 1.165) is 32.0 Å². The maximum absolute atomic E-state index is 12.3. The Balaban J connectivity index is 2.04. The van der Waals surface area contributed by atoms with Crippen molar-refractivity contribution in [2.24, 2.45) is 16.7 Å². The number of carbonyl (C=O) groups excluding carboxylic acids is 3. The van der Waals surface area contributed by atoms with Crippen molar-refractivity contribution in [3.8, 4) is 0 Å². The second-order valence-corrected chi connectivity index (χ2v) is 6.97. The van der Waals surface area contributed by atoms with Crippen LogP contribution in [-0.4, -0.2) is 44.5 Å². The van der Waals surface area contributed by atoms with Gasteiger partial charge in [-0.05, 0) is 38.0 Å². The van der Waals surface area contributed by atoms with E-state index in [2.05, 4.69) is 5.32 Å². The fourth-order valence-corrected chi connectivity index (χ4v) is 5.21. The molecule has 3 fully saturated rings. The van der Waals surface area contributed by atoms with E-state index in [-0.39, 0.29) is 11.4 Å². The zero-order chi connectivity index (χ0) is 16.0. The van der Waals surface area contributed by atoms with Gasteiger partial charge in [-0.2, -0.15) is 0 Å². The second-order valence-electron chi connectivity index (χ2n) is 6.97. The Kier molecular flexibility index (Phi) is 3.75. The molecule has 6 nitrogen and oxygen atoms in total. The van der Waals surface area contributed by atoms with Gasteiger partial charge in [-0.1, -0.05) is 6.42 Å². The molecule has 0 amide bonds. The minimum absolute atomic E-state index is 0.267. The average Bonchev–Trinajstić information content (AvgIpc) is 2.96. The first-order valence-electron chi connectivity index (χ1n) is 7.91. The summed E-state index contributed by atoms with van der Waals surface area (Å²) in [6.07, 6.45) is 6.05. The number of hydrogen-bond acceptors (Lipinski definition) is 6. The Morgan fingerprint density at radius 3 is 2.41 bits per heavy atom. The first-order chi connectivity index (χ1) is 10.5. The molecule has 1 N–H and O–H groups in total. The molecule has 2 saturated carbocycles. The molecule has 22 heavy (non-hydrogen) atoms. The molecule has 0 aromatic heterocycles. The third-order valence-corrected chi connectivity index (χ3v) is 6.22. The van der Waals surface area contributed by atoms with Crippen LogP contribution in [0.4, 0.5) is 0 Å². The lowest BCUT2D eigenvalue weighted by Crippen LogP contribution is -2.70. The van der Waals surface area contributed by atoms with Crippen LogP contribution in [0.15, 0.2) is 0 Å². The number of hydrogen-bond donors (Lipinski definition) is 1. The Labute approximate surface area is 129 Å². The average molecular weight is 309 g/mol. The van der Waals surface area contributed by atoms with E-state index >= 15 is 0 Å². The van der Waals surface area contributed by atoms with Gasteiger partial charge in [0.15, 0.2) is 0 Å². The summed E-state index contributed by atoms with van der Waals surface area (Å²) in [5.41, 5.74) is -1.03. The second kappa shape index (κ2) is 5.33. The van der Waals surface area contributed by atoms with Gasteiger partial charge in [-0.3, -0.25) is 14.9 Å². The number of rotatable bonds is 3. The van der Waals surface area contributed by atoms with Gasteiger partial charge in [0.1, 0.15) is 18.4 Å². The van der Waals surface area contributed by atoms with Crippen molar-refractivity contribution >= 4 is 18.2 Å². The van der Waals surface area contributed by atoms with E-state index in [9.17, 15) is 14.4 Å². The van der Waals surface area contributed by atoms with E-state index in [4.69, 9.17) is 9.47 Å². The van der Waals surface area contributed by atoms with Gasteiger partial charge in [-0.15, -0.1) is 0 Å². The minimum atomic E-state index is -0.772. The first kappa shape index (κ1) is 15.5. The number of esters is 2. The van der Waals surface area contributed by atoms with Crippen LogP contribution < -0.4 is 5.32 Å².